The average Bonchev–Trinajstić information content (AvgIpc) is 3.25. The quantitative estimate of drug-likeness (QED) is 0.683. The van der Waals surface area contributed by atoms with Crippen LogP contribution in [0.2, 0.25) is 0 Å². The maximum absolute atomic E-state index is 12.3. The fourth-order valence-electron chi connectivity index (χ4n) is 2.96. The number of hydrogen-bond donors (Lipinski definition) is 3. The highest BCUT2D eigenvalue weighted by molar-refractivity contribution is 7.17. The van der Waals surface area contributed by atoms with Crippen LogP contribution >= 0.6 is 11.3 Å². The molecular weight excluding hydrogens is 322 g/mol. The molecule has 1 aliphatic heterocycles. The second-order valence-corrected chi connectivity index (χ2v) is 6.73. The first kappa shape index (κ1) is 15.1. The summed E-state index contributed by atoms with van der Waals surface area (Å²) >= 11 is 1.60. The number of thiophene rings is 1. The average molecular weight is 339 g/mol. The number of hydrogen-bond acceptors (Lipinski definition) is 5. The number of benzene rings is 1. The molecule has 0 aliphatic carbocycles. The summed E-state index contributed by atoms with van der Waals surface area (Å²) in [5, 5.41) is 19.4. The summed E-state index contributed by atoms with van der Waals surface area (Å²) in [5.74, 6) is 0.645. The van der Waals surface area contributed by atoms with Crippen LogP contribution in [0, 0.1) is 0 Å². The summed E-state index contributed by atoms with van der Waals surface area (Å²) in [4.78, 5) is 16.6. The monoisotopic (exact) mass is 339 g/mol. The van der Waals surface area contributed by atoms with Crippen molar-refractivity contribution in [1.82, 2.24) is 10.3 Å². The summed E-state index contributed by atoms with van der Waals surface area (Å²) in [6.07, 6.45) is 1.72. The number of carbonyl (C=O) groups is 1. The normalized spacial score (nSPS) is 14.2. The van der Waals surface area contributed by atoms with Gasteiger partial charge in [0.15, 0.2) is 0 Å². The number of aliphatic hydroxyl groups is 1. The molecule has 1 unspecified atom stereocenters. The van der Waals surface area contributed by atoms with E-state index >= 15 is 0 Å². The van der Waals surface area contributed by atoms with Gasteiger partial charge in [0.05, 0.1) is 11.7 Å². The number of anilines is 1. The first-order valence-corrected chi connectivity index (χ1v) is 8.75. The lowest BCUT2D eigenvalue weighted by atomic mass is 10.1. The van der Waals surface area contributed by atoms with Crippen molar-refractivity contribution in [2.45, 2.75) is 12.5 Å². The van der Waals surface area contributed by atoms with E-state index in [0.717, 1.165) is 40.0 Å². The van der Waals surface area contributed by atoms with Gasteiger partial charge in [0.25, 0.3) is 5.91 Å². The second kappa shape index (κ2) is 6.22. The number of aromatic nitrogens is 1. The molecule has 5 nitrogen and oxygen atoms in total. The lowest BCUT2D eigenvalue weighted by Gasteiger charge is -2.12. The minimum Gasteiger partial charge on any atom is -0.387 e. The molecule has 0 spiro atoms. The number of nitrogens with zero attached hydrogens (tertiary/aromatic N) is 1. The largest absolute Gasteiger partial charge is 0.387 e. The van der Waals surface area contributed by atoms with Crippen LogP contribution in [-0.4, -0.2) is 29.1 Å². The summed E-state index contributed by atoms with van der Waals surface area (Å²) in [7, 11) is 0. The Morgan fingerprint density at radius 3 is 3.21 bits per heavy atom. The van der Waals surface area contributed by atoms with E-state index in [1.165, 1.54) is 0 Å². The van der Waals surface area contributed by atoms with Gasteiger partial charge in [-0.15, -0.1) is 11.3 Å². The molecule has 1 aliphatic rings. The van der Waals surface area contributed by atoms with Gasteiger partial charge in [-0.1, -0.05) is 18.2 Å². The SMILES string of the molecule is O=C(NCC(O)c1csc2ccccc12)c1cnc2c(c1)CCN2. The first-order valence-electron chi connectivity index (χ1n) is 7.87. The Morgan fingerprint density at radius 1 is 1.42 bits per heavy atom. The molecule has 0 saturated carbocycles. The standard InChI is InChI=1S/C18H17N3O2S/c22-15(14-10-24-16-4-2-1-3-13(14)16)9-21-18(23)12-7-11-5-6-19-17(11)20-8-12/h1-4,7-8,10,15,22H,5-6,9H2,(H,19,20)(H,21,23). The van der Waals surface area contributed by atoms with Gasteiger partial charge >= 0.3 is 0 Å². The molecule has 24 heavy (non-hydrogen) atoms. The molecule has 0 bridgehead atoms. The van der Waals surface area contributed by atoms with Crippen molar-refractivity contribution in [1.29, 1.82) is 0 Å². The van der Waals surface area contributed by atoms with Gasteiger partial charge in [0.1, 0.15) is 5.82 Å². The lowest BCUT2D eigenvalue weighted by Crippen LogP contribution is -2.28. The first-order chi connectivity index (χ1) is 11.7. The Kier molecular flexibility index (Phi) is 3.92. The minimum atomic E-state index is -0.728. The van der Waals surface area contributed by atoms with Crippen molar-refractivity contribution < 1.29 is 9.90 Å². The number of amides is 1. The molecule has 1 atom stereocenters. The van der Waals surface area contributed by atoms with Crippen molar-refractivity contribution in [3.05, 3.63) is 58.6 Å². The zero-order valence-corrected chi connectivity index (χ0v) is 13.8. The van der Waals surface area contributed by atoms with Crippen LogP contribution in [-0.2, 0) is 6.42 Å². The maximum Gasteiger partial charge on any atom is 0.252 e. The summed E-state index contributed by atoms with van der Waals surface area (Å²) in [5.41, 5.74) is 2.44. The molecule has 3 N–H and O–H groups in total. The number of rotatable bonds is 4. The van der Waals surface area contributed by atoms with E-state index in [1.54, 1.807) is 17.5 Å². The van der Waals surface area contributed by atoms with Crippen molar-refractivity contribution in [3.8, 4) is 0 Å². The van der Waals surface area contributed by atoms with Crippen molar-refractivity contribution in [2.75, 3.05) is 18.4 Å². The van der Waals surface area contributed by atoms with Crippen molar-refractivity contribution >= 4 is 33.1 Å². The molecule has 1 aromatic carbocycles. The van der Waals surface area contributed by atoms with E-state index in [-0.39, 0.29) is 12.5 Å². The van der Waals surface area contributed by atoms with Crippen molar-refractivity contribution in [2.24, 2.45) is 0 Å². The predicted octanol–water partition coefficient (Wildman–Crippen LogP) is 2.73. The van der Waals surface area contributed by atoms with Crippen LogP contribution in [0.15, 0.2) is 41.9 Å². The summed E-state index contributed by atoms with van der Waals surface area (Å²) in [6, 6.07) is 9.81. The number of nitrogens with one attached hydrogen (secondary N) is 2. The number of aliphatic hydroxyl groups excluding tert-OH is 1. The molecule has 0 radical (unpaired) electrons. The summed E-state index contributed by atoms with van der Waals surface area (Å²) < 4.78 is 1.13. The Balaban J connectivity index is 1.45. The highest BCUT2D eigenvalue weighted by atomic mass is 32.1. The Hall–Kier alpha value is -2.44. The number of carbonyl (C=O) groups excluding carboxylic acids is 1. The van der Waals surface area contributed by atoms with Gasteiger partial charge in [-0.2, -0.15) is 0 Å². The topological polar surface area (TPSA) is 74.2 Å². The van der Waals surface area contributed by atoms with Crippen molar-refractivity contribution in [3.63, 3.8) is 0 Å². The predicted molar refractivity (Wildman–Crippen MR) is 95.5 cm³/mol. The van der Waals surface area contributed by atoms with Crippen LogP contribution in [0.25, 0.3) is 10.1 Å². The fourth-order valence-corrected chi connectivity index (χ4v) is 3.97. The van der Waals surface area contributed by atoms with Gasteiger partial charge in [-0.3, -0.25) is 4.79 Å². The second-order valence-electron chi connectivity index (χ2n) is 5.82. The van der Waals surface area contributed by atoms with E-state index in [2.05, 4.69) is 15.6 Å². The number of pyridine rings is 1. The molecule has 6 heteroatoms. The van der Waals surface area contributed by atoms with Gasteiger partial charge in [-0.25, -0.2) is 4.98 Å². The molecule has 0 fully saturated rings. The van der Waals surface area contributed by atoms with Gasteiger partial charge in [0, 0.05) is 29.5 Å². The molecule has 3 aromatic rings. The molecule has 1 amide bonds. The highest BCUT2D eigenvalue weighted by Crippen LogP contribution is 2.30. The van der Waals surface area contributed by atoms with E-state index in [9.17, 15) is 9.90 Å². The van der Waals surface area contributed by atoms with Crippen LogP contribution in [0.3, 0.4) is 0 Å². The number of fused-ring (bicyclic) bond motifs is 2. The van der Waals surface area contributed by atoms with E-state index in [4.69, 9.17) is 0 Å². The third-order valence-electron chi connectivity index (χ3n) is 4.24. The van der Waals surface area contributed by atoms with E-state index in [1.807, 2.05) is 35.7 Å². The van der Waals surface area contributed by atoms with Crippen LogP contribution < -0.4 is 10.6 Å². The Bertz CT molecular complexity index is 906. The lowest BCUT2D eigenvalue weighted by molar-refractivity contribution is 0.0917. The van der Waals surface area contributed by atoms with Gasteiger partial charge < -0.3 is 15.7 Å². The van der Waals surface area contributed by atoms with Crippen LogP contribution in [0.4, 0.5) is 5.82 Å². The molecular formula is C18H17N3O2S. The highest BCUT2D eigenvalue weighted by Gasteiger charge is 2.17. The van der Waals surface area contributed by atoms with E-state index < -0.39 is 6.10 Å². The smallest absolute Gasteiger partial charge is 0.252 e. The third-order valence-corrected chi connectivity index (χ3v) is 5.22. The molecule has 0 saturated heterocycles. The van der Waals surface area contributed by atoms with Gasteiger partial charge in [0.2, 0.25) is 0 Å². The molecule has 4 rings (SSSR count). The molecule has 3 heterocycles. The fraction of sp³-hybridized carbons (Fsp3) is 0.222. The minimum absolute atomic E-state index is 0.175. The van der Waals surface area contributed by atoms with E-state index in [0.29, 0.717) is 5.56 Å². The third kappa shape index (κ3) is 2.74. The Morgan fingerprint density at radius 2 is 2.29 bits per heavy atom. The van der Waals surface area contributed by atoms with Crippen LogP contribution in [0.1, 0.15) is 27.6 Å². The maximum atomic E-state index is 12.3. The zero-order chi connectivity index (χ0) is 16.5. The molecule has 2 aromatic heterocycles. The summed E-state index contributed by atoms with van der Waals surface area (Å²) in [6.45, 7) is 1.03. The molecule has 122 valence electrons. The van der Waals surface area contributed by atoms with Crippen LogP contribution in [0.5, 0.6) is 0 Å². The zero-order valence-electron chi connectivity index (χ0n) is 13.0. The van der Waals surface area contributed by atoms with Gasteiger partial charge in [-0.05, 0) is 34.9 Å². The Labute approximate surface area is 143 Å².